The Morgan fingerprint density at radius 2 is 2.44 bits per heavy atom. The van der Waals surface area contributed by atoms with Crippen molar-refractivity contribution < 1.29 is 14.3 Å². The van der Waals surface area contributed by atoms with Crippen LogP contribution in [0.5, 0.6) is 0 Å². The number of halogens is 1. The van der Waals surface area contributed by atoms with Gasteiger partial charge in [0.25, 0.3) is 0 Å². The van der Waals surface area contributed by atoms with E-state index in [9.17, 15) is 9.59 Å². The SMILES string of the molecule is COC(=O)c1ccsc1N1CC(Cl)CC1=O. The molecule has 0 aliphatic carbocycles. The van der Waals surface area contributed by atoms with Crippen LogP contribution in [0, 0.1) is 0 Å². The van der Waals surface area contributed by atoms with Crippen molar-refractivity contribution in [3.05, 3.63) is 17.0 Å². The Bertz CT molecular complexity index is 431. The van der Waals surface area contributed by atoms with Gasteiger partial charge in [-0.25, -0.2) is 4.79 Å². The summed E-state index contributed by atoms with van der Waals surface area (Å²) in [6.45, 7) is 0.449. The average molecular weight is 260 g/mol. The second-order valence-corrected chi connectivity index (χ2v) is 4.95. The van der Waals surface area contributed by atoms with Crippen LogP contribution >= 0.6 is 22.9 Å². The van der Waals surface area contributed by atoms with Crippen molar-refractivity contribution in [3.63, 3.8) is 0 Å². The van der Waals surface area contributed by atoms with Crippen molar-refractivity contribution in [3.8, 4) is 0 Å². The van der Waals surface area contributed by atoms with E-state index in [1.165, 1.54) is 18.4 Å². The molecule has 1 atom stereocenters. The molecule has 0 saturated carbocycles. The molecule has 1 amide bonds. The zero-order valence-electron chi connectivity index (χ0n) is 8.60. The maximum absolute atomic E-state index is 11.6. The molecule has 0 bridgehead atoms. The van der Waals surface area contributed by atoms with Crippen molar-refractivity contribution in [1.29, 1.82) is 0 Å². The molecule has 16 heavy (non-hydrogen) atoms. The molecule has 1 aromatic heterocycles. The van der Waals surface area contributed by atoms with Gasteiger partial charge in [0.1, 0.15) is 5.00 Å². The van der Waals surface area contributed by atoms with Crippen molar-refractivity contribution in [2.24, 2.45) is 0 Å². The molecule has 0 radical (unpaired) electrons. The van der Waals surface area contributed by atoms with E-state index in [4.69, 9.17) is 11.6 Å². The van der Waals surface area contributed by atoms with Crippen LogP contribution in [0.2, 0.25) is 0 Å². The molecule has 1 saturated heterocycles. The molecule has 2 heterocycles. The van der Waals surface area contributed by atoms with Gasteiger partial charge in [-0.3, -0.25) is 4.79 Å². The molecule has 1 aliphatic rings. The maximum Gasteiger partial charge on any atom is 0.340 e. The van der Waals surface area contributed by atoms with Crippen LogP contribution in [0.15, 0.2) is 11.4 Å². The lowest BCUT2D eigenvalue weighted by Gasteiger charge is -2.14. The minimum Gasteiger partial charge on any atom is -0.465 e. The molecule has 1 aromatic rings. The molecular formula is C10H10ClNO3S. The van der Waals surface area contributed by atoms with Crippen LogP contribution in [-0.4, -0.2) is 30.9 Å². The topological polar surface area (TPSA) is 46.6 Å². The van der Waals surface area contributed by atoms with Gasteiger partial charge >= 0.3 is 5.97 Å². The highest BCUT2D eigenvalue weighted by molar-refractivity contribution is 7.14. The molecule has 0 spiro atoms. The first-order valence-corrected chi connectivity index (χ1v) is 6.05. The summed E-state index contributed by atoms with van der Waals surface area (Å²) in [6.07, 6.45) is 0.320. The van der Waals surface area contributed by atoms with Crippen LogP contribution in [0.25, 0.3) is 0 Å². The highest BCUT2D eigenvalue weighted by Crippen LogP contribution is 2.32. The molecule has 2 rings (SSSR count). The first kappa shape index (κ1) is 11.4. The Kier molecular flexibility index (Phi) is 3.16. The molecule has 1 unspecified atom stereocenters. The number of hydrogen-bond donors (Lipinski definition) is 0. The van der Waals surface area contributed by atoms with Crippen LogP contribution in [0.3, 0.4) is 0 Å². The van der Waals surface area contributed by atoms with E-state index >= 15 is 0 Å². The fraction of sp³-hybridized carbons (Fsp3) is 0.400. The Labute approximate surface area is 102 Å². The third-order valence-corrected chi connectivity index (χ3v) is 3.60. The maximum atomic E-state index is 11.6. The second kappa shape index (κ2) is 4.43. The number of methoxy groups -OCH3 is 1. The van der Waals surface area contributed by atoms with Crippen molar-refractivity contribution in [2.75, 3.05) is 18.6 Å². The number of ether oxygens (including phenoxy) is 1. The fourth-order valence-electron chi connectivity index (χ4n) is 1.64. The Morgan fingerprint density at radius 1 is 1.69 bits per heavy atom. The largest absolute Gasteiger partial charge is 0.465 e. The molecule has 4 nitrogen and oxygen atoms in total. The number of hydrogen-bond acceptors (Lipinski definition) is 4. The molecule has 0 aromatic carbocycles. The predicted molar refractivity (Wildman–Crippen MR) is 62.3 cm³/mol. The van der Waals surface area contributed by atoms with E-state index in [1.807, 2.05) is 0 Å². The quantitative estimate of drug-likeness (QED) is 0.602. The lowest BCUT2D eigenvalue weighted by molar-refractivity contribution is -0.117. The summed E-state index contributed by atoms with van der Waals surface area (Å²) >= 11 is 7.25. The third-order valence-electron chi connectivity index (χ3n) is 2.37. The van der Waals surface area contributed by atoms with Gasteiger partial charge in [0, 0.05) is 13.0 Å². The van der Waals surface area contributed by atoms with Gasteiger partial charge in [-0.2, -0.15) is 0 Å². The van der Waals surface area contributed by atoms with Gasteiger partial charge in [-0.15, -0.1) is 22.9 Å². The number of alkyl halides is 1. The van der Waals surface area contributed by atoms with Crippen molar-refractivity contribution in [2.45, 2.75) is 11.8 Å². The number of anilines is 1. The van der Waals surface area contributed by atoms with Crippen LogP contribution in [0.4, 0.5) is 5.00 Å². The van der Waals surface area contributed by atoms with Gasteiger partial charge in [0.15, 0.2) is 0 Å². The third kappa shape index (κ3) is 1.92. The lowest BCUT2D eigenvalue weighted by Crippen LogP contribution is -2.25. The average Bonchev–Trinajstić information content (AvgIpc) is 2.83. The number of thiophene rings is 1. The van der Waals surface area contributed by atoms with Crippen molar-refractivity contribution in [1.82, 2.24) is 0 Å². The first-order chi connectivity index (χ1) is 7.63. The number of esters is 1. The van der Waals surface area contributed by atoms with E-state index in [0.717, 1.165) is 0 Å². The van der Waals surface area contributed by atoms with Gasteiger partial charge < -0.3 is 9.64 Å². The predicted octanol–water partition coefficient (Wildman–Crippen LogP) is 1.88. The van der Waals surface area contributed by atoms with Gasteiger partial charge in [0.2, 0.25) is 5.91 Å². The minimum atomic E-state index is -0.429. The monoisotopic (exact) mass is 259 g/mol. The van der Waals surface area contributed by atoms with Gasteiger partial charge in [0.05, 0.1) is 18.1 Å². The smallest absolute Gasteiger partial charge is 0.340 e. The fourth-order valence-corrected chi connectivity index (χ4v) is 2.82. The zero-order chi connectivity index (χ0) is 11.7. The standard InChI is InChI=1S/C10H10ClNO3S/c1-15-10(14)7-2-3-16-9(7)12-5-6(11)4-8(12)13/h2-3,6H,4-5H2,1H3. The normalized spacial score (nSPS) is 20.2. The Morgan fingerprint density at radius 3 is 3.00 bits per heavy atom. The molecule has 86 valence electrons. The number of carbonyl (C=O) groups is 2. The van der Waals surface area contributed by atoms with E-state index in [1.54, 1.807) is 16.3 Å². The summed E-state index contributed by atoms with van der Waals surface area (Å²) in [5.74, 6) is -0.477. The molecule has 1 aliphatic heterocycles. The van der Waals surface area contributed by atoms with Gasteiger partial charge in [-0.05, 0) is 11.4 Å². The van der Waals surface area contributed by atoms with Crippen LogP contribution in [0.1, 0.15) is 16.8 Å². The summed E-state index contributed by atoms with van der Waals surface area (Å²) in [6, 6.07) is 1.65. The van der Waals surface area contributed by atoms with Crippen LogP contribution in [-0.2, 0) is 9.53 Å². The first-order valence-electron chi connectivity index (χ1n) is 4.73. The molecule has 6 heteroatoms. The van der Waals surface area contributed by atoms with E-state index in [2.05, 4.69) is 4.74 Å². The summed E-state index contributed by atoms with van der Waals surface area (Å²) in [4.78, 5) is 24.6. The lowest BCUT2D eigenvalue weighted by atomic mass is 10.3. The minimum absolute atomic E-state index is 0.0485. The summed E-state index contributed by atoms with van der Waals surface area (Å²) in [5.41, 5.74) is 0.423. The molecular weight excluding hydrogens is 250 g/mol. The number of nitrogens with zero attached hydrogens (tertiary/aromatic N) is 1. The second-order valence-electron chi connectivity index (χ2n) is 3.44. The Balaban J connectivity index is 2.31. The summed E-state index contributed by atoms with van der Waals surface area (Å²) in [7, 11) is 1.32. The zero-order valence-corrected chi connectivity index (χ0v) is 10.2. The van der Waals surface area contributed by atoms with Crippen molar-refractivity contribution >= 4 is 39.8 Å². The Hall–Kier alpha value is -1.07. The molecule has 1 fully saturated rings. The highest BCUT2D eigenvalue weighted by atomic mass is 35.5. The van der Waals surface area contributed by atoms with E-state index in [-0.39, 0.29) is 11.3 Å². The van der Waals surface area contributed by atoms with E-state index < -0.39 is 5.97 Å². The summed E-state index contributed by atoms with van der Waals surface area (Å²) < 4.78 is 4.65. The van der Waals surface area contributed by atoms with Crippen LogP contribution < -0.4 is 4.90 Å². The summed E-state index contributed by atoms with van der Waals surface area (Å²) in [5, 5.41) is 2.20. The highest BCUT2D eigenvalue weighted by Gasteiger charge is 2.32. The number of rotatable bonds is 2. The van der Waals surface area contributed by atoms with Gasteiger partial charge in [-0.1, -0.05) is 0 Å². The number of amides is 1. The molecule has 0 N–H and O–H groups in total. The van der Waals surface area contributed by atoms with E-state index in [0.29, 0.717) is 23.5 Å². The number of carbonyl (C=O) groups excluding carboxylic acids is 2.